The summed E-state index contributed by atoms with van der Waals surface area (Å²) in [6.07, 6.45) is 3.55. The van der Waals surface area contributed by atoms with Crippen LogP contribution in [-0.4, -0.2) is 52.5 Å². The fraction of sp³-hybridized carbons (Fsp3) is 0.611. The zero-order valence-electron chi connectivity index (χ0n) is 13.6. The molecule has 1 amide bonds. The molecule has 0 spiro atoms. The molecule has 0 unspecified atom stereocenters. The number of aliphatic hydroxyl groups excluding tert-OH is 1. The van der Waals surface area contributed by atoms with Crippen molar-refractivity contribution in [2.24, 2.45) is 0 Å². The Balaban J connectivity index is 1.68. The summed E-state index contributed by atoms with van der Waals surface area (Å²) >= 11 is 0. The van der Waals surface area contributed by atoms with Gasteiger partial charge in [-0.3, -0.25) is 9.69 Å². The van der Waals surface area contributed by atoms with Gasteiger partial charge >= 0.3 is 0 Å². The highest BCUT2D eigenvalue weighted by atomic mass is 19.1. The molecule has 4 nitrogen and oxygen atoms in total. The van der Waals surface area contributed by atoms with Crippen molar-refractivity contribution in [3.8, 4) is 0 Å². The number of β-amino-alcohol motifs (C(OH)–C–C–N with tert-alkyl or cyclic N) is 1. The van der Waals surface area contributed by atoms with Gasteiger partial charge in [-0.1, -0.05) is 12.1 Å². The Morgan fingerprint density at radius 3 is 2.78 bits per heavy atom. The first-order valence-corrected chi connectivity index (χ1v) is 8.51. The van der Waals surface area contributed by atoms with Gasteiger partial charge in [-0.05, 0) is 49.9 Å². The zero-order valence-corrected chi connectivity index (χ0v) is 13.6. The van der Waals surface area contributed by atoms with E-state index in [0.717, 1.165) is 38.8 Å². The fourth-order valence-corrected chi connectivity index (χ4v) is 4.14. The van der Waals surface area contributed by atoms with Gasteiger partial charge in [0.2, 0.25) is 5.91 Å². The summed E-state index contributed by atoms with van der Waals surface area (Å²) in [7, 11) is 0. The minimum atomic E-state index is -0.696. The molecule has 0 saturated carbocycles. The van der Waals surface area contributed by atoms with Crippen LogP contribution < -0.4 is 0 Å². The molecule has 0 aromatic heterocycles. The number of carbonyl (C=O) groups is 1. The Kier molecular flexibility index (Phi) is 4.97. The van der Waals surface area contributed by atoms with Gasteiger partial charge in [-0.25, -0.2) is 4.39 Å². The van der Waals surface area contributed by atoms with Crippen molar-refractivity contribution in [2.45, 2.75) is 50.8 Å². The van der Waals surface area contributed by atoms with E-state index in [2.05, 4.69) is 4.90 Å². The molecule has 1 N–H and O–H groups in total. The Hall–Kier alpha value is -1.46. The summed E-state index contributed by atoms with van der Waals surface area (Å²) < 4.78 is 13.3. The van der Waals surface area contributed by atoms with Crippen LogP contribution in [0.1, 0.15) is 44.3 Å². The van der Waals surface area contributed by atoms with Crippen LogP contribution in [0.3, 0.4) is 0 Å². The summed E-state index contributed by atoms with van der Waals surface area (Å²) in [6, 6.07) is 6.74. The van der Waals surface area contributed by atoms with E-state index < -0.39 is 6.10 Å². The van der Waals surface area contributed by atoms with E-state index in [0.29, 0.717) is 18.2 Å². The van der Waals surface area contributed by atoms with Crippen LogP contribution in [0, 0.1) is 5.82 Å². The number of hydrogen-bond acceptors (Lipinski definition) is 3. The number of carbonyl (C=O) groups excluding carboxylic acids is 1. The van der Waals surface area contributed by atoms with Crippen LogP contribution in [0.5, 0.6) is 0 Å². The first-order chi connectivity index (χ1) is 11.1. The first-order valence-electron chi connectivity index (χ1n) is 8.51. The van der Waals surface area contributed by atoms with E-state index in [1.807, 2.05) is 4.90 Å². The second-order valence-corrected chi connectivity index (χ2v) is 6.70. The highest BCUT2D eigenvalue weighted by Crippen LogP contribution is 2.31. The topological polar surface area (TPSA) is 43.8 Å². The van der Waals surface area contributed by atoms with E-state index in [4.69, 9.17) is 0 Å². The Bertz CT molecular complexity index is 566. The van der Waals surface area contributed by atoms with Crippen LogP contribution in [0.4, 0.5) is 4.39 Å². The van der Waals surface area contributed by atoms with Crippen molar-refractivity contribution in [3.63, 3.8) is 0 Å². The Morgan fingerprint density at radius 2 is 2.04 bits per heavy atom. The number of rotatable bonds is 4. The number of amides is 1. The predicted octanol–water partition coefficient (Wildman–Crippen LogP) is 2.33. The van der Waals surface area contributed by atoms with Gasteiger partial charge in [0.1, 0.15) is 5.82 Å². The predicted molar refractivity (Wildman–Crippen MR) is 86.4 cm³/mol. The Labute approximate surface area is 136 Å². The van der Waals surface area contributed by atoms with Crippen molar-refractivity contribution in [2.75, 3.05) is 19.6 Å². The smallest absolute Gasteiger partial charge is 0.219 e. The second-order valence-electron chi connectivity index (χ2n) is 6.70. The van der Waals surface area contributed by atoms with E-state index in [-0.39, 0.29) is 17.8 Å². The maximum Gasteiger partial charge on any atom is 0.219 e. The standard InChI is InChI=1S/C18H25FN2O2/c1-13(22)21-10-4-8-17(21)16-7-3-9-20(16)12-18(23)14-5-2-6-15(19)11-14/h2,5-6,11,16-18,23H,3-4,7-10,12H2,1H3/t16-,17-,18-/m1/s1. The van der Waals surface area contributed by atoms with Crippen molar-refractivity contribution in [3.05, 3.63) is 35.6 Å². The lowest BCUT2D eigenvalue weighted by atomic mass is 10.0. The number of hydrogen-bond donors (Lipinski definition) is 1. The summed E-state index contributed by atoms with van der Waals surface area (Å²) in [5.41, 5.74) is 0.616. The lowest BCUT2D eigenvalue weighted by molar-refractivity contribution is -0.130. The molecule has 0 aliphatic carbocycles. The van der Waals surface area contributed by atoms with Crippen LogP contribution in [0.15, 0.2) is 24.3 Å². The normalized spacial score (nSPS) is 26.7. The van der Waals surface area contributed by atoms with Gasteiger partial charge in [0.05, 0.1) is 6.10 Å². The average molecular weight is 320 g/mol. The molecule has 0 bridgehead atoms. The van der Waals surface area contributed by atoms with Crippen molar-refractivity contribution >= 4 is 5.91 Å². The Morgan fingerprint density at radius 1 is 1.30 bits per heavy atom. The number of aliphatic hydroxyl groups is 1. The van der Waals surface area contributed by atoms with Crippen molar-refractivity contribution in [1.82, 2.24) is 9.80 Å². The van der Waals surface area contributed by atoms with Gasteiger partial charge in [-0.2, -0.15) is 0 Å². The molecular formula is C18H25FN2O2. The third kappa shape index (κ3) is 3.56. The van der Waals surface area contributed by atoms with Gasteiger partial charge in [0.15, 0.2) is 0 Å². The van der Waals surface area contributed by atoms with E-state index in [9.17, 15) is 14.3 Å². The summed E-state index contributed by atoms with van der Waals surface area (Å²) in [4.78, 5) is 16.1. The van der Waals surface area contributed by atoms with Gasteiger partial charge in [-0.15, -0.1) is 0 Å². The van der Waals surface area contributed by atoms with Crippen LogP contribution >= 0.6 is 0 Å². The lowest BCUT2D eigenvalue weighted by Crippen LogP contribution is -2.48. The van der Waals surface area contributed by atoms with Gasteiger partial charge in [0, 0.05) is 32.1 Å². The van der Waals surface area contributed by atoms with Crippen LogP contribution in [-0.2, 0) is 4.79 Å². The molecule has 1 aromatic rings. The maximum atomic E-state index is 13.3. The molecule has 2 aliphatic heterocycles. The molecule has 0 radical (unpaired) electrons. The minimum Gasteiger partial charge on any atom is -0.387 e. The molecule has 5 heteroatoms. The maximum absolute atomic E-state index is 13.3. The molecule has 3 rings (SSSR count). The van der Waals surface area contributed by atoms with Crippen molar-refractivity contribution in [1.29, 1.82) is 0 Å². The van der Waals surface area contributed by atoms with E-state index >= 15 is 0 Å². The SMILES string of the molecule is CC(=O)N1CCC[C@@H]1[C@H]1CCCN1C[C@@H](O)c1cccc(F)c1. The molecule has 2 aliphatic rings. The molecule has 2 saturated heterocycles. The van der Waals surface area contributed by atoms with E-state index in [1.165, 1.54) is 12.1 Å². The molecule has 1 aromatic carbocycles. The molecule has 3 atom stereocenters. The summed E-state index contributed by atoms with van der Waals surface area (Å²) in [6.45, 7) is 3.91. The molecule has 126 valence electrons. The molecule has 23 heavy (non-hydrogen) atoms. The summed E-state index contributed by atoms with van der Waals surface area (Å²) in [5.74, 6) is -0.178. The summed E-state index contributed by atoms with van der Waals surface area (Å²) in [5, 5.41) is 10.5. The lowest BCUT2D eigenvalue weighted by Gasteiger charge is -2.35. The quantitative estimate of drug-likeness (QED) is 0.926. The third-order valence-electron chi connectivity index (χ3n) is 5.20. The molecular weight excluding hydrogens is 295 g/mol. The monoisotopic (exact) mass is 320 g/mol. The second kappa shape index (κ2) is 6.97. The zero-order chi connectivity index (χ0) is 16.4. The first kappa shape index (κ1) is 16.4. The van der Waals surface area contributed by atoms with Gasteiger partial charge < -0.3 is 10.0 Å². The minimum absolute atomic E-state index is 0.144. The number of halogens is 1. The highest BCUT2D eigenvalue weighted by Gasteiger charge is 2.39. The average Bonchev–Trinajstić information content (AvgIpc) is 3.15. The number of nitrogens with zero attached hydrogens (tertiary/aromatic N) is 2. The third-order valence-corrected chi connectivity index (χ3v) is 5.20. The largest absolute Gasteiger partial charge is 0.387 e. The molecule has 2 fully saturated rings. The highest BCUT2D eigenvalue weighted by molar-refractivity contribution is 5.74. The number of likely N-dealkylation sites (tertiary alicyclic amines) is 2. The fourth-order valence-electron chi connectivity index (χ4n) is 4.14. The molecule has 2 heterocycles. The van der Waals surface area contributed by atoms with Crippen LogP contribution in [0.2, 0.25) is 0 Å². The number of benzene rings is 1. The van der Waals surface area contributed by atoms with Crippen LogP contribution in [0.25, 0.3) is 0 Å². The van der Waals surface area contributed by atoms with Crippen molar-refractivity contribution < 1.29 is 14.3 Å². The van der Waals surface area contributed by atoms with E-state index in [1.54, 1.807) is 19.1 Å². The van der Waals surface area contributed by atoms with Gasteiger partial charge in [0.25, 0.3) is 0 Å².